The van der Waals surface area contributed by atoms with Gasteiger partial charge in [0.2, 0.25) is 0 Å². The maximum absolute atomic E-state index is 12.7. The van der Waals surface area contributed by atoms with Crippen LogP contribution in [0.5, 0.6) is 0 Å². The van der Waals surface area contributed by atoms with E-state index in [1.165, 1.54) is 36.4 Å². The van der Waals surface area contributed by atoms with Crippen molar-refractivity contribution in [3.05, 3.63) is 95.1 Å². The van der Waals surface area contributed by atoms with E-state index in [9.17, 15) is 27.6 Å². The Hall–Kier alpha value is -4.14. The number of para-hydroxylation sites is 1. The first-order chi connectivity index (χ1) is 14.6. The van der Waals surface area contributed by atoms with Crippen LogP contribution in [0, 0.1) is 0 Å². The quantitative estimate of drug-likeness (QED) is 0.538. The molecule has 6 nitrogen and oxygen atoms in total. The number of halogens is 3. The molecule has 0 bridgehead atoms. The second kappa shape index (κ2) is 8.70. The normalized spacial score (nSPS) is 10.9. The number of hydrogen-bond donors (Lipinski definition) is 3. The van der Waals surface area contributed by atoms with Crippen LogP contribution in [0.3, 0.4) is 0 Å². The van der Waals surface area contributed by atoms with Gasteiger partial charge in [0.1, 0.15) is 0 Å². The molecule has 0 atom stereocenters. The minimum atomic E-state index is -4.52. The number of hydrogen-bond acceptors (Lipinski definition) is 3. The highest BCUT2D eigenvalue weighted by molar-refractivity contribution is 6.12. The third-order valence-corrected chi connectivity index (χ3v) is 4.26. The molecule has 0 aliphatic carbocycles. The van der Waals surface area contributed by atoms with Gasteiger partial charge in [0.05, 0.1) is 22.4 Å². The van der Waals surface area contributed by atoms with Gasteiger partial charge in [-0.05, 0) is 54.6 Å². The Morgan fingerprint density at radius 2 is 1.42 bits per heavy atom. The van der Waals surface area contributed by atoms with Crippen molar-refractivity contribution in [2.24, 2.45) is 0 Å². The van der Waals surface area contributed by atoms with Gasteiger partial charge in [-0.2, -0.15) is 13.2 Å². The topological polar surface area (TPSA) is 95.5 Å². The second-order valence-corrected chi connectivity index (χ2v) is 6.41. The Bertz CT molecular complexity index is 1140. The van der Waals surface area contributed by atoms with Crippen LogP contribution >= 0.6 is 0 Å². The Kier molecular flexibility index (Phi) is 6.05. The predicted octanol–water partition coefficient (Wildman–Crippen LogP) is 4.91. The van der Waals surface area contributed by atoms with Crippen molar-refractivity contribution in [3.8, 4) is 0 Å². The zero-order chi connectivity index (χ0) is 22.6. The zero-order valence-corrected chi connectivity index (χ0v) is 15.7. The summed E-state index contributed by atoms with van der Waals surface area (Å²) in [5.41, 5.74) is -0.442. The molecule has 0 aromatic heterocycles. The van der Waals surface area contributed by atoms with Gasteiger partial charge in [-0.25, -0.2) is 4.79 Å². The van der Waals surface area contributed by atoms with E-state index < -0.39 is 29.5 Å². The van der Waals surface area contributed by atoms with Crippen LogP contribution in [-0.4, -0.2) is 22.9 Å². The van der Waals surface area contributed by atoms with Crippen molar-refractivity contribution in [1.29, 1.82) is 0 Å². The number of benzene rings is 3. The minimum Gasteiger partial charge on any atom is -0.478 e. The molecule has 0 saturated carbocycles. The van der Waals surface area contributed by atoms with Gasteiger partial charge < -0.3 is 15.7 Å². The van der Waals surface area contributed by atoms with Gasteiger partial charge >= 0.3 is 12.1 Å². The largest absolute Gasteiger partial charge is 0.478 e. The molecule has 3 rings (SSSR count). The number of carbonyl (C=O) groups excluding carboxylic acids is 2. The van der Waals surface area contributed by atoms with Crippen molar-refractivity contribution in [1.82, 2.24) is 0 Å². The van der Waals surface area contributed by atoms with Crippen molar-refractivity contribution >= 4 is 29.2 Å². The summed E-state index contributed by atoms with van der Waals surface area (Å²) >= 11 is 0. The SMILES string of the molecule is O=C(O)c1cccc(NC(=O)c2ccccc2NC(=O)c2ccc(C(F)(F)F)cc2)c1. The fourth-order valence-corrected chi connectivity index (χ4v) is 2.72. The predicted molar refractivity (Wildman–Crippen MR) is 107 cm³/mol. The number of amides is 2. The van der Waals surface area contributed by atoms with E-state index in [4.69, 9.17) is 5.11 Å². The van der Waals surface area contributed by atoms with Crippen LogP contribution in [0.15, 0.2) is 72.8 Å². The molecule has 0 saturated heterocycles. The first-order valence-corrected chi connectivity index (χ1v) is 8.87. The zero-order valence-electron chi connectivity index (χ0n) is 15.7. The summed E-state index contributed by atoms with van der Waals surface area (Å²) in [6, 6.07) is 15.3. The van der Waals surface area contributed by atoms with Gasteiger partial charge in [-0.3, -0.25) is 9.59 Å². The fraction of sp³-hybridized carbons (Fsp3) is 0.0455. The molecular formula is C22H15F3N2O4. The molecule has 9 heteroatoms. The average molecular weight is 428 g/mol. The van der Waals surface area contributed by atoms with Crippen molar-refractivity contribution in [2.75, 3.05) is 10.6 Å². The Morgan fingerprint density at radius 1 is 0.742 bits per heavy atom. The summed E-state index contributed by atoms with van der Waals surface area (Å²) in [4.78, 5) is 36.2. The molecule has 3 N–H and O–H groups in total. The van der Waals surface area contributed by atoms with Crippen molar-refractivity contribution < 1.29 is 32.7 Å². The van der Waals surface area contributed by atoms with E-state index in [1.54, 1.807) is 12.1 Å². The molecule has 0 spiro atoms. The molecule has 0 aliphatic heterocycles. The minimum absolute atomic E-state index is 0.0123. The highest BCUT2D eigenvalue weighted by Gasteiger charge is 2.30. The Labute approximate surface area is 174 Å². The highest BCUT2D eigenvalue weighted by atomic mass is 19.4. The molecule has 0 heterocycles. The number of carbonyl (C=O) groups is 3. The molecule has 3 aromatic rings. The number of alkyl halides is 3. The smallest absolute Gasteiger partial charge is 0.416 e. The molecule has 0 fully saturated rings. The van der Waals surface area contributed by atoms with Gasteiger partial charge in [0.15, 0.2) is 0 Å². The molecule has 0 aliphatic rings. The van der Waals surface area contributed by atoms with Crippen LogP contribution in [0.1, 0.15) is 36.6 Å². The first kappa shape index (κ1) is 21.6. The maximum Gasteiger partial charge on any atom is 0.416 e. The van der Waals surface area contributed by atoms with Gasteiger partial charge in [0, 0.05) is 11.3 Å². The fourth-order valence-electron chi connectivity index (χ4n) is 2.72. The third kappa shape index (κ3) is 5.27. The van der Waals surface area contributed by atoms with E-state index in [1.807, 2.05) is 0 Å². The highest BCUT2D eigenvalue weighted by Crippen LogP contribution is 2.29. The number of anilines is 2. The molecule has 2 amide bonds. The molecule has 158 valence electrons. The molecule has 0 unspecified atom stereocenters. The summed E-state index contributed by atoms with van der Waals surface area (Å²) in [6.07, 6.45) is -4.52. The van der Waals surface area contributed by atoms with Crippen molar-refractivity contribution in [2.45, 2.75) is 6.18 Å². The van der Waals surface area contributed by atoms with Crippen LogP contribution in [0.4, 0.5) is 24.5 Å². The van der Waals surface area contributed by atoms with Gasteiger partial charge in [-0.1, -0.05) is 18.2 Å². The lowest BCUT2D eigenvalue weighted by molar-refractivity contribution is -0.137. The van der Waals surface area contributed by atoms with E-state index >= 15 is 0 Å². The van der Waals surface area contributed by atoms with E-state index in [0.717, 1.165) is 24.3 Å². The number of carboxylic acids is 1. The monoisotopic (exact) mass is 428 g/mol. The van der Waals surface area contributed by atoms with E-state index in [0.29, 0.717) is 0 Å². The number of aromatic carboxylic acids is 1. The van der Waals surface area contributed by atoms with E-state index in [-0.39, 0.29) is 28.1 Å². The Morgan fingerprint density at radius 3 is 2.06 bits per heavy atom. The Balaban J connectivity index is 1.78. The second-order valence-electron chi connectivity index (χ2n) is 6.41. The first-order valence-electron chi connectivity index (χ1n) is 8.87. The molecule has 31 heavy (non-hydrogen) atoms. The van der Waals surface area contributed by atoms with Gasteiger partial charge in [0.25, 0.3) is 11.8 Å². The number of nitrogens with one attached hydrogen (secondary N) is 2. The van der Waals surface area contributed by atoms with Crippen LogP contribution in [0.25, 0.3) is 0 Å². The van der Waals surface area contributed by atoms with E-state index in [2.05, 4.69) is 10.6 Å². The number of rotatable bonds is 5. The van der Waals surface area contributed by atoms with Crippen molar-refractivity contribution in [3.63, 3.8) is 0 Å². The summed E-state index contributed by atoms with van der Waals surface area (Å²) in [7, 11) is 0. The van der Waals surface area contributed by atoms with Crippen LogP contribution < -0.4 is 10.6 Å². The lowest BCUT2D eigenvalue weighted by Gasteiger charge is -2.12. The average Bonchev–Trinajstić information content (AvgIpc) is 2.73. The summed E-state index contributed by atoms with van der Waals surface area (Å²) in [5, 5.41) is 14.1. The molecular weight excluding hydrogens is 413 g/mol. The molecule has 3 aromatic carbocycles. The summed E-state index contributed by atoms with van der Waals surface area (Å²) in [5.74, 6) is -2.45. The summed E-state index contributed by atoms with van der Waals surface area (Å²) < 4.78 is 38.0. The van der Waals surface area contributed by atoms with Crippen LogP contribution in [0.2, 0.25) is 0 Å². The maximum atomic E-state index is 12.7. The van der Waals surface area contributed by atoms with Gasteiger partial charge in [-0.15, -0.1) is 0 Å². The lowest BCUT2D eigenvalue weighted by atomic mass is 10.1. The van der Waals surface area contributed by atoms with Crippen LogP contribution in [-0.2, 0) is 6.18 Å². The summed E-state index contributed by atoms with van der Waals surface area (Å²) in [6.45, 7) is 0. The third-order valence-electron chi connectivity index (χ3n) is 4.26. The lowest BCUT2D eigenvalue weighted by Crippen LogP contribution is -2.18. The standard InChI is InChI=1S/C22H15F3N2O4/c23-22(24,25)15-10-8-13(9-11-15)19(28)27-18-7-2-1-6-17(18)20(29)26-16-5-3-4-14(12-16)21(30)31/h1-12H,(H,26,29)(H,27,28)(H,30,31). The number of carboxylic acid groups (broad SMARTS) is 1. The molecule has 0 radical (unpaired) electrons.